The quantitative estimate of drug-likeness (QED) is 0.151. The zero-order chi connectivity index (χ0) is 46.5. The molecule has 0 aromatic heterocycles. The minimum Gasteiger partial charge on any atom is -0.507 e. The summed E-state index contributed by atoms with van der Waals surface area (Å²) in [5, 5.41) is 52.5. The van der Waals surface area contributed by atoms with Crippen LogP contribution in [0.15, 0.2) is 42.2 Å². The van der Waals surface area contributed by atoms with Crippen molar-refractivity contribution in [1.82, 2.24) is 10.0 Å². The summed E-state index contributed by atoms with van der Waals surface area (Å²) in [5.74, 6) is -7.96. The number of hydrogen-bond acceptors (Lipinski definition) is 14. The SMILES string of the molecule is CCCN(C(=O)COc1cc2c(O)c3c(O)c(C)c4c(c13)C(=O)[C@@](C)(O/C=C/[C@H](OC)[C@@H](C)[C@@H](OC(C)=O)[C@H](C)[C@@H](O)[C@H](C)[C@H](O)[C@H](C)/C=C/C=C(/C)C(=O)N2)O4)N1CCCCC1. The molecule has 5 N–H and O–H groups in total. The van der Waals surface area contributed by atoms with E-state index in [1.165, 1.54) is 52.4 Å². The van der Waals surface area contributed by atoms with Crippen molar-refractivity contribution in [2.75, 3.05) is 38.7 Å². The normalized spacial score (nSPS) is 30.4. The molecule has 9 atom stereocenters. The van der Waals surface area contributed by atoms with E-state index in [0.717, 1.165) is 19.3 Å². The van der Waals surface area contributed by atoms with Gasteiger partial charge in [0.05, 0.1) is 41.2 Å². The Hall–Kier alpha value is -5.16. The molecule has 0 spiro atoms. The highest BCUT2D eigenvalue weighted by molar-refractivity contribution is 6.21. The Morgan fingerprint density at radius 3 is 2.29 bits per heavy atom. The zero-order valence-electron chi connectivity index (χ0n) is 38.1. The number of ether oxygens (including phenoxy) is 5. The summed E-state index contributed by atoms with van der Waals surface area (Å²) >= 11 is 0. The number of hydrogen-bond donors (Lipinski definition) is 5. The molecule has 0 aliphatic carbocycles. The predicted octanol–water partition coefficient (Wildman–Crippen LogP) is 6.07. The maximum atomic E-state index is 14.6. The van der Waals surface area contributed by atoms with E-state index in [2.05, 4.69) is 5.32 Å². The van der Waals surface area contributed by atoms with Gasteiger partial charge in [-0.05, 0) is 39.2 Å². The first-order valence-corrected chi connectivity index (χ1v) is 21.8. The average Bonchev–Trinajstić information content (AvgIpc) is 3.52. The number of aromatic hydroxyl groups is 2. The van der Waals surface area contributed by atoms with Crippen LogP contribution in [0.2, 0.25) is 0 Å². The number of aliphatic hydroxyl groups is 2. The van der Waals surface area contributed by atoms with Gasteiger partial charge in [-0.25, -0.2) is 5.01 Å². The number of Topliss-reactive ketones (excluding diaryl/α,β-unsaturated/α-hetero) is 1. The lowest BCUT2D eigenvalue weighted by Crippen LogP contribution is -2.50. The van der Waals surface area contributed by atoms with Crippen molar-refractivity contribution in [3.05, 3.63) is 53.3 Å². The number of carbonyl (C=O) groups excluding carboxylic acids is 4. The molecule has 4 aliphatic rings. The van der Waals surface area contributed by atoms with Gasteiger partial charge in [0.1, 0.15) is 23.4 Å². The number of fused-ring (bicyclic) bond motifs is 14. The van der Waals surface area contributed by atoms with Crippen LogP contribution in [0.3, 0.4) is 0 Å². The Morgan fingerprint density at radius 1 is 0.968 bits per heavy atom. The number of ketones is 1. The molecule has 1 fully saturated rings. The van der Waals surface area contributed by atoms with Crippen LogP contribution in [0.25, 0.3) is 10.8 Å². The second kappa shape index (κ2) is 20.6. The van der Waals surface area contributed by atoms with Crippen molar-refractivity contribution < 1.29 is 63.3 Å². The number of amides is 2. The summed E-state index contributed by atoms with van der Waals surface area (Å²) in [4.78, 5) is 54.6. The van der Waals surface area contributed by atoms with Gasteiger partial charge in [0, 0.05) is 86.9 Å². The Kier molecular flexibility index (Phi) is 15.9. The van der Waals surface area contributed by atoms with Crippen molar-refractivity contribution in [2.45, 2.75) is 118 Å². The summed E-state index contributed by atoms with van der Waals surface area (Å²) < 4.78 is 30.1. The molecule has 4 heterocycles. The molecule has 2 amide bonds. The molecule has 16 heteroatoms. The molecule has 4 aliphatic heterocycles. The van der Waals surface area contributed by atoms with Crippen LogP contribution in [-0.2, 0) is 28.6 Å². The molecular formula is C47H65N3O13. The van der Waals surface area contributed by atoms with E-state index in [4.69, 9.17) is 23.7 Å². The van der Waals surface area contributed by atoms with Gasteiger partial charge in [0.25, 0.3) is 17.6 Å². The highest BCUT2D eigenvalue weighted by Crippen LogP contribution is 2.54. The van der Waals surface area contributed by atoms with Crippen molar-refractivity contribution >= 4 is 40.0 Å². The maximum Gasteiger partial charge on any atom is 0.312 e. The molecule has 63 heavy (non-hydrogen) atoms. The number of hydrazine groups is 1. The van der Waals surface area contributed by atoms with Crippen molar-refractivity contribution in [3.8, 4) is 23.0 Å². The summed E-state index contributed by atoms with van der Waals surface area (Å²) in [5.41, 5.74) is 0.0178. The fourth-order valence-corrected chi connectivity index (χ4v) is 8.72. The Morgan fingerprint density at radius 2 is 1.65 bits per heavy atom. The molecule has 0 saturated carbocycles. The van der Waals surface area contributed by atoms with E-state index in [1.807, 2.05) is 11.9 Å². The highest BCUT2D eigenvalue weighted by Gasteiger charge is 2.50. The molecule has 6 rings (SSSR count). The third kappa shape index (κ3) is 10.3. The second-order valence-electron chi connectivity index (χ2n) is 17.2. The number of piperidine rings is 1. The van der Waals surface area contributed by atoms with E-state index in [-0.39, 0.29) is 50.6 Å². The molecule has 2 aromatic rings. The van der Waals surface area contributed by atoms with Gasteiger partial charge in [-0.3, -0.25) is 24.2 Å². The summed E-state index contributed by atoms with van der Waals surface area (Å²) in [6, 6.07) is 1.30. The number of phenols is 2. The zero-order valence-corrected chi connectivity index (χ0v) is 38.1. The first-order chi connectivity index (χ1) is 29.8. The number of methoxy groups -OCH3 is 1. The van der Waals surface area contributed by atoms with Crippen molar-refractivity contribution in [1.29, 1.82) is 0 Å². The van der Waals surface area contributed by atoms with Crippen LogP contribution in [-0.4, -0.2) is 118 Å². The minimum absolute atomic E-state index is 0.0507. The van der Waals surface area contributed by atoms with E-state index in [1.54, 1.807) is 51.8 Å². The van der Waals surface area contributed by atoms with Gasteiger partial charge in [-0.15, -0.1) is 0 Å². The number of allylic oxidation sites excluding steroid dienone is 2. The molecule has 5 bridgehead atoms. The molecule has 0 unspecified atom stereocenters. The van der Waals surface area contributed by atoms with Crippen LogP contribution in [0.1, 0.15) is 97.0 Å². The van der Waals surface area contributed by atoms with Crippen LogP contribution < -0.4 is 14.8 Å². The molecule has 16 nitrogen and oxygen atoms in total. The average molecular weight is 880 g/mol. The van der Waals surface area contributed by atoms with E-state index >= 15 is 0 Å². The summed E-state index contributed by atoms with van der Waals surface area (Å²) in [6.07, 6.45) is 7.28. The highest BCUT2D eigenvalue weighted by atomic mass is 16.7. The Bertz CT molecular complexity index is 2130. The Balaban J connectivity index is 1.66. The van der Waals surface area contributed by atoms with Crippen molar-refractivity contribution in [3.63, 3.8) is 0 Å². The van der Waals surface area contributed by atoms with Gasteiger partial charge in [0.15, 0.2) is 12.4 Å². The summed E-state index contributed by atoms with van der Waals surface area (Å²) in [7, 11) is 1.44. The maximum absolute atomic E-state index is 14.6. The molecule has 0 radical (unpaired) electrons. The Labute approximate surface area is 369 Å². The van der Waals surface area contributed by atoms with Crippen LogP contribution in [0.5, 0.6) is 23.0 Å². The third-order valence-corrected chi connectivity index (χ3v) is 12.6. The molecule has 346 valence electrons. The number of carbonyl (C=O) groups is 4. The van der Waals surface area contributed by atoms with Crippen molar-refractivity contribution in [2.24, 2.45) is 23.7 Å². The molecule has 2 aromatic carbocycles. The number of aliphatic hydroxyl groups excluding tert-OH is 2. The van der Waals surface area contributed by atoms with E-state index in [9.17, 15) is 39.6 Å². The van der Waals surface area contributed by atoms with Crippen LogP contribution in [0.4, 0.5) is 5.69 Å². The lowest BCUT2D eigenvalue weighted by atomic mass is 9.78. The van der Waals surface area contributed by atoms with Gasteiger partial charge >= 0.3 is 11.8 Å². The largest absolute Gasteiger partial charge is 0.507 e. The third-order valence-electron chi connectivity index (χ3n) is 12.6. The van der Waals surface area contributed by atoms with Crippen LogP contribution in [0, 0.1) is 30.6 Å². The number of phenolic OH excluding ortho intramolecular Hbond substituents is 2. The van der Waals surface area contributed by atoms with E-state index < -0.39 is 89.6 Å². The predicted molar refractivity (Wildman–Crippen MR) is 235 cm³/mol. The lowest BCUT2D eigenvalue weighted by Gasteiger charge is -2.38. The standard InChI is InChI=1S/C47H65N3O13/c1-11-19-50(49-20-13-12-14-21-49)35(52)24-60-34-23-32-42(56)37-36(34)38-44(30(7)41(37)55)63-47(9,45(38)57)61-22-18-33(59-10)27(4)43(62-31(8)51)29(6)40(54)28(5)39(53)25(2)16-15-17-26(3)46(58)48-32/h15-18,22-23,25,27-29,33,39-40,43,53-56H,11-14,19-21,24H2,1-10H3,(H,48,58)/b16-15+,22-18+,26-17-/t25-,27-,28-,29-,33+,39-,40+,43-,47+/m1/s1. The number of anilines is 1. The summed E-state index contributed by atoms with van der Waals surface area (Å²) in [6.45, 7) is 16.0. The minimum atomic E-state index is -2.03. The van der Waals surface area contributed by atoms with Gasteiger partial charge < -0.3 is 49.4 Å². The first-order valence-electron chi connectivity index (χ1n) is 21.8. The fraction of sp³-hybridized carbons (Fsp3) is 0.574. The topological polar surface area (TPSA) is 214 Å². The number of nitrogens with zero attached hydrogens (tertiary/aromatic N) is 2. The number of esters is 1. The molecule has 1 saturated heterocycles. The van der Waals surface area contributed by atoms with Gasteiger partial charge in [0.2, 0.25) is 0 Å². The lowest BCUT2D eigenvalue weighted by molar-refractivity contribution is -0.160. The number of nitrogens with one attached hydrogen (secondary N) is 1. The van der Waals surface area contributed by atoms with Gasteiger partial charge in [-0.2, -0.15) is 0 Å². The second-order valence-corrected chi connectivity index (χ2v) is 17.2. The first kappa shape index (κ1) is 48.9. The monoisotopic (exact) mass is 879 g/mol. The van der Waals surface area contributed by atoms with Crippen LogP contribution >= 0.6 is 0 Å². The van der Waals surface area contributed by atoms with Gasteiger partial charge in [-0.1, -0.05) is 59.3 Å². The van der Waals surface area contributed by atoms with E-state index in [0.29, 0.717) is 26.1 Å². The number of benzene rings is 2. The fourth-order valence-electron chi connectivity index (χ4n) is 8.72. The number of rotatable bonds is 8. The smallest absolute Gasteiger partial charge is 0.312 e. The molecular weight excluding hydrogens is 815 g/mol.